The average Bonchev–Trinajstić information content (AvgIpc) is 3.17. The Morgan fingerprint density at radius 3 is 2.86 bits per heavy atom. The Balaban J connectivity index is 1.76. The summed E-state index contributed by atoms with van der Waals surface area (Å²) in [6, 6.07) is 15.5. The van der Waals surface area contributed by atoms with E-state index < -0.39 is 0 Å². The minimum atomic E-state index is 0.682. The van der Waals surface area contributed by atoms with Crippen molar-refractivity contribution in [3.63, 3.8) is 0 Å². The lowest BCUT2D eigenvalue weighted by Crippen LogP contribution is -1.94. The predicted molar refractivity (Wildman–Crippen MR) is 88.0 cm³/mol. The number of aromatic nitrogens is 4. The van der Waals surface area contributed by atoms with Crippen LogP contribution in [-0.2, 0) is 0 Å². The van der Waals surface area contributed by atoms with Gasteiger partial charge in [0.2, 0.25) is 0 Å². The van der Waals surface area contributed by atoms with Crippen LogP contribution < -0.4 is 5.32 Å². The van der Waals surface area contributed by atoms with E-state index in [9.17, 15) is 0 Å². The lowest BCUT2D eigenvalue weighted by molar-refractivity contribution is 0.882. The first-order valence-corrected chi connectivity index (χ1v) is 7.18. The zero-order chi connectivity index (χ0) is 14.9. The van der Waals surface area contributed by atoms with Crippen molar-refractivity contribution >= 4 is 34.0 Å². The van der Waals surface area contributed by atoms with Crippen molar-refractivity contribution in [3.8, 4) is 5.69 Å². The molecule has 0 saturated heterocycles. The summed E-state index contributed by atoms with van der Waals surface area (Å²) in [6.07, 6.45) is 3.66. The number of fused-ring (bicyclic) bond motifs is 1. The van der Waals surface area contributed by atoms with Gasteiger partial charge in [-0.15, -0.1) is 0 Å². The zero-order valence-electron chi connectivity index (χ0n) is 11.5. The number of aromatic amines is 1. The highest BCUT2D eigenvalue weighted by Crippen LogP contribution is 2.27. The minimum Gasteiger partial charge on any atom is -0.338 e. The fourth-order valence-corrected chi connectivity index (χ4v) is 2.55. The third kappa shape index (κ3) is 2.31. The van der Waals surface area contributed by atoms with Crippen LogP contribution in [0.25, 0.3) is 16.6 Å². The molecular formula is C16H12ClN5. The van der Waals surface area contributed by atoms with Crippen molar-refractivity contribution in [2.24, 2.45) is 0 Å². The van der Waals surface area contributed by atoms with Crippen molar-refractivity contribution in [3.05, 3.63) is 65.9 Å². The Kier molecular flexibility index (Phi) is 3.05. The lowest BCUT2D eigenvalue weighted by Gasteiger charge is -2.05. The molecule has 108 valence electrons. The molecule has 2 aromatic carbocycles. The Morgan fingerprint density at radius 1 is 1.09 bits per heavy atom. The molecule has 0 atom stereocenters. The van der Waals surface area contributed by atoms with Gasteiger partial charge in [-0.05, 0) is 42.5 Å². The van der Waals surface area contributed by atoms with Gasteiger partial charge in [0.05, 0.1) is 11.2 Å². The highest BCUT2D eigenvalue weighted by molar-refractivity contribution is 6.30. The largest absolute Gasteiger partial charge is 0.338 e. The number of rotatable bonds is 3. The molecule has 0 saturated carbocycles. The standard InChI is InChI=1S/C16H12ClN5/c17-11-3-1-4-12(9-11)19-16-14-10-13(22-8-2-7-18-22)5-6-15(14)20-21-16/h1-10H,(H2,19,20,21). The molecule has 0 fully saturated rings. The van der Waals surface area contributed by atoms with Crippen molar-refractivity contribution in [1.82, 2.24) is 20.0 Å². The second kappa shape index (κ2) is 5.20. The van der Waals surface area contributed by atoms with Crippen molar-refractivity contribution in [2.45, 2.75) is 0 Å². The van der Waals surface area contributed by atoms with Gasteiger partial charge in [0.15, 0.2) is 5.82 Å². The van der Waals surface area contributed by atoms with E-state index >= 15 is 0 Å². The monoisotopic (exact) mass is 309 g/mol. The molecule has 0 aliphatic carbocycles. The van der Waals surface area contributed by atoms with Crippen molar-refractivity contribution < 1.29 is 0 Å². The first-order valence-electron chi connectivity index (χ1n) is 6.80. The van der Waals surface area contributed by atoms with E-state index in [0.29, 0.717) is 5.02 Å². The summed E-state index contributed by atoms with van der Waals surface area (Å²) in [5, 5.41) is 16.6. The van der Waals surface area contributed by atoms with Gasteiger partial charge in [-0.3, -0.25) is 5.10 Å². The Labute approximate surface area is 131 Å². The van der Waals surface area contributed by atoms with E-state index in [1.807, 2.05) is 59.4 Å². The van der Waals surface area contributed by atoms with Gasteiger partial charge in [0.25, 0.3) is 0 Å². The van der Waals surface area contributed by atoms with Gasteiger partial charge >= 0.3 is 0 Å². The number of H-pyrrole nitrogens is 1. The smallest absolute Gasteiger partial charge is 0.160 e. The van der Waals surface area contributed by atoms with Crippen LogP contribution in [0, 0.1) is 0 Å². The molecule has 0 aliphatic rings. The van der Waals surface area contributed by atoms with E-state index in [-0.39, 0.29) is 0 Å². The fraction of sp³-hybridized carbons (Fsp3) is 0. The van der Waals surface area contributed by atoms with Crippen LogP contribution in [0.4, 0.5) is 11.5 Å². The maximum atomic E-state index is 6.02. The van der Waals surface area contributed by atoms with Crippen LogP contribution in [0.2, 0.25) is 5.02 Å². The molecule has 4 rings (SSSR count). The molecule has 5 nitrogen and oxygen atoms in total. The third-order valence-corrected chi connectivity index (χ3v) is 3.64. The highest BCUT2D eigenvalue weighted by atomic mass is 35.5. The van der Waals surface area contributed by atoms with E-state index in [4.69, 9.17) is 11.6 Å². The van der Waals surface area contributed by atoms with Crippen LogP contribution in [0.3, 0.4) is 0 Å². The van der Waals surface area contributed by atoms with E-state index in [1.54, 1.807) is 6.20 Å². The van der Waals surface area contributed by atoms with Crippen LogP contribution in [0.15, 0.2) is 60.9 Å². The fourth-order valence-electron chi connectivity index (χ4n) is 2.36. The van der Waals surface area contributed by atoms with Crippen LogP contribution in [0.1, 0.15) is 0 Å². The topological polar surface area (TPSA) is 58.5 Å². The number of hydrogen-bond donors (Lipinski definition) is 2. The van der Waals surface area contributed by atoms with Crippen molar-refractivity contribution in [2.75, 3.05) is 5.32 Å². The number of anilines is 2. The normalized spacial score (nSPS) is 11.0. The summed E-state index contributed by atoms with van der Waals surface area (Å²) in [5.41, 5.74) is 2.83. The highest BCUT2D eigenvalue weighted by Gasteiger charge is 2.08. The second-order valence-electron chi connectivity index (χ2n) is 4.89. The van der Waals surface area contributed by atoms with Gasteiger partial charge < -0.3 is 5.32 Å². The molecule has 6 heteroatoms. The molecule has 0 aliphatic heterocycles. The summed E-state index contributed by atoms with van der Waals surface area (Å²) in [6.45, 7) is 0. The molecule has 22 heavy (non-hydrogen) atoms. The summed E-state index contributed by atoms with van der Waals surface area (Å²) in [5.74, 6) is 0.756. The quantitative estimate of drug-likeness (QED) is 0.598. The molecule has 2 aromatic heterocycles. The van der Waals surface area contributed by atoms with Gasteiger partial charge in [0, 0.05) is 28.5 Å². The molecule has 4 aromatic rings. The van der Waals surface area contributed by atoms with Crippen LogP contribution in [0.5, 0.6) is 0 Å². The number of benzene rings is 2. The molecule has 0 unspecified atom stereocenters. The van der Waals surface area contributed by atoms with Gasteiger partial charge in [0.1, 0.15) is 0 Å². The summed E-state index contributed by atoms with van der Waals surface area (Å²) in [4.78, 5) is 0. The van der Waals surface area contributed by atoms with E-state index in [2.05, 4.69) is 20.6 Å². The maximum Gasteiger partial charge on any atom is 0.160 e. The summed E-state index contributed by atoms with van der Waals surface area (Å²) >= 11 is 6.02. The molecule has 0 bridgehead atoms. The third-order valence-electron chi connectivity index (χ3n) is 3.40. The van der Waals surface area contributed by atoms with Crippen LogP contribution >= 0.6 is 11.6 Å². The second-order valence-corrected chi connectivity index (χ2v) is 5.32. The zero-order valence-corrected chi connectivity index (χ0v) is 12.2. The molecule has 0 spiro atoms. The molecule has 2 heterocycles. The number of hydrogen-bond acceptors (Lipinski definition) is 3. The first kappa shape index (κ1) is 12.9. The predicted octanol–water partition coefficient (Wildman–Crippen LogP) is 4.15. The number of nitrogens with zero attached hydrogens (tertiary/aromatic N) is 3. The van der Waals surface area contributed by atoms with Gasteiger partial charge in [-0.2, -0.15) is 10.2 Å². The van der Waals surface area contributed by atoms with Gasteiger partial charge in [-0.25, -0.2) is 4.68 Å². The van der Waals surface area contributed by atoms with E-state index in [0.717, 1.165) is 28.1 Å². The SMILES string of the molecule is Clc1cccc(Nc2n[nH]c3ccc(-n4cccn4)cc23)c1. The molecule has 0 radical (unpaired) electrons. The molecule has 2 N–H and O–H groups in total. The Bertz CT molecular complexity index is 927. The maximum absolute atomic E-state index is 6.02. The first-order chi connectivity index (χ1) is 10.8. The molecule has 0 amide bonds. The van der Waals surface area contributed by atoms with E-state index in [1.165, 1.54) is 0 Å². The minimum absolute atomic E-state index is 0.682. The summed E-state index contributed by atoms with van der Waals surface area (Å²) < 4.78 is 1.82. The number of nitrogens with one attached hydrogen (secondary N) is 2. The molecular weight excluding hydrogens is 298 g/mol. The summed E-state index contributed by atoms with van der Waals surface area (Å²) in [7, 11) is 0. The average molecular weight is 310 g/mol. The lowest BCUT2D eigenvalue weighted by atomic mass is 10.2. The Hall–Kier alpha value is -2.79. The number of halogens is 1. The Morgan fingerprint density at radius 2 is 2.05 bits per heavy atom. The van der Waals surface area contributed by atoms with Crippen LogP contribution in [-0.4, -0.2) is 20.0 Å². The van der Waals surface area contributed by atoms with Crippen molar-refractivity contribution in [1.29, 1.82) is 0 Å². The van der Waals surface area contributed by atoms with Gasteiger partial charge in [-0.1, -0.05) is 17.7 Å².